The molecule has 0 radical (unpaired) electrons. The summed E-state index contributed by atoms with van der Waals surface area (Å²) in [7, 11) is 0. The van der Waals surface area contributed by atoms with Crippen LogP contribution in [0.25, 0.3) is 60.8 Å². The van der Waals surface area contributed by atoms with Crippen LogP contribution in [0.4, 0.5) is 0 Å². The molecule has 0 aliphatic rings. The molecule has 7 rings (SSSR count). The van der Waals surface area contributed by atoms with Crippen LogP contribution in [0.5, 0.6) is 0 Å². The molecule has 4 aromatic carbocycles. The summed E-state index contributed by atoms with van der Waals surface area (Å²) in [6.45, 7) is 0. The third kappa shape index (κ3) is 3.37. The van der Waals surface area contributed by atoms with Crippen molar-refractivity contribution in [1.29, 1.82) is 5.26 Å². The predicted molar refractivity (Wildman–Crippen MR) is 149 cm³/mol. The van der Waals surface area contributed by atoms with Gasteiger partial charge in [0.1, 0.15) is 11.8 Å². The molecule has 0 saturated carbocycles. The Morgan fingerprint density at radius 1 is 0.622 bits per heavy atom. The van der Waals surface area contributed by atoms with Crippen LogP contribution in [0.1, 0.15) is 5.69 Å². The lowest BCUT2D eigenvalue weighted by Gasteiger charge is -2.12. The van der Waals surface area contributed by atoms with E-state index in [1.165, 1.54) is 21.7 Å². The van der Waals surface area contributed by atoms with Crippen molar-refractivity contribution in [3.8, 4) is 34.3 Å². The van der Waals surface area contributed by atoms with Crippen molar-refractivity contribution in [2.24, 2.45) is 0 Å². The van der Waals surface area contributed by atoms with Gasteiger partial charge in [-0.05, 0) is 59.3 Å². The van der Waals surface area contributed by atoms with Gasteiger partial charge in [-0.15, -0.1) is 0 Å². The van der Waals surface area contributed by atoms with Crippen LogP contribution < -0.4 is 0 Å². The van der Waals surface area contributed by atoms with Gasteiger partial charge in [0, 0.05) is 33.8 Å². The van der Waals surface area contributed by atoms with Gasteiger partial charge in [0.15, 0.2) is 0 Å². The average molecular weight is 473 g/mol. The monoisotopic (exact) mass is 472 g/mol. The third-order valence-electron chi connectivity index (χ3n) is 6.89. The van der Waals surface area contributed by atoms with E-state index >= 15 is 0 Å². The second-order valence-electron chi connectivity index (χ2n) is 9.00. The lowest BCUT2D eigenvalue weighted by atomic mass is 9.97. The van der Waals surface area contributed by atoms with Crippen molar-refractivity contribution in [3.05, 3.63) is 127 Å². The zero-order valence-corrected chi connectivity index (χ0v) is 19.8. The minimum atomic E-state index is 0.379. The Kier molecular flexibility index (Phi) is 4.80. The van der Waals surface area contributed by atoms with Gasteiger partial charge in [-0.25, -0.2) is 9.97 Å². The first-order chi connectivity index (χ1) is 18.3. The zero-order chi connectivity index (χ0) is 24.8. The molecule has 4 heteroatoms. The van der Waals surface area contributed by atoms with Gasteiger partial charge in [-0.2, -0.15) is 5.26 Å². The van der Waals surface area contributed by atoms with Gasteiger partial charge in [0.25, 0.3) is 0 Å². The summed E-state index contributed by atoms with van der Waals surface area (Å²) in [5.74, 6) is 0. The van der Waals surface area contributed by atoms with Gasteiger partial charge in [0.2, 0.25) is 0 Å². The van der Waals surface area contributed by atoms with Crippen LogP contribution in [-0.2, 0) is 0 Å². The number of nitrogens with zero attached hydrogens (tertiary/aromatic N) is 4. The normalized spacial score (nSPS) is 11.2. The molecule has 7 aromatic rings. The quantitative estimate of drug-likeness (QED) is 0.262. The van der Waals surface area contributed by atoms with Crippen LogP contribution >= 0.6 is 0 Å². The minimum absolute atomic E-state index is 0.379. The molecule has 0 aliphatic heterocycles. The smallest absolute Gasteiger partial charge is 0.141 e. The maximum absolute atomic E-state index is 9.31. The summed E-state index contributed by atoms with van der Waals surface area (Å²) in [6.07, 6.45) is 1.65. The molecule has 0 spiro atoms. The fourth-order valence-corrected chi connectivity index (χ4v) is 5.29. The van der Waals surface area contributed by atoms with E-state index in [1.807, 2.05) is 24.3 Å². The standard InChI is InChI=1S/C33H20N4/c34-21-23-19-22(17-18-35-23)29-14-8-15-30(36-29)28-20-32-33(26-12-5-4-11-25(26)28)27-13-6-7-16-31(27)37(32)24-9-2-1-3-10-24/h1-20H. The van der Waals surface area contributed by atoms with Crippen molar-refractivity contribution in [3.63, 3.8) is 0 Å². The summed E-state index contributed by atoms with van der Waals surface area (Å²) in [5.41, 5.74) is 7.45. The molecule has 0 N–H and O–H groups in total. The largest absolute Gasteiger partial charge is 0.309 e. The first kappa shape index (κ1) is 21.0. The van der Waals surface area contributed by atoms with E-state index in [-0.39, 0.29) is 0 Å². The summed E-state index contributed by atoms with van der Waals surface area (Å²) in [5, 5.41) is 14.1. The molecule has 4 nitrogen and oxygen atoms in total. The first-order valence-corrected chi connectivity index (χ1v) is 12.2. The van der Waals surface area contributed by atoms with Gasteiger partial charge in [0.05, 0.1) is 22.4 Å². The Balaban J connectivity index is 1.56. The van der Waals surface area contributed by atoms with Crippen molar-refractivity contribution < 1.29 is 0 Å². The highest BCUT2D eigenvalue weighted by Gasteiger charge is 2.18. The Bertz CT molecular complexity index is 2000. The van der Waals surface area contributed by atoms with Crippen molar-refractivity contribution in [2.45, 2.75) is 0 Å². The molecule has 172 valence electrons. The molecule has 37 heavy (non-hydrogen) atoms. The molecule has 0 bridgehead atoms. The number of pyridine rings is 2. The number of para-hydroxylation sites is 2. The van der Waals surface area contributed by atoms with Crippen LogP contribution in [0.3, 0.4) is 0 Å². The van der Waals surface area contributed by atoms with Crippen molar-refractivity contribution >= 4 is 32.6 Å². The molecule has 0 fully saturated rings. The van der Waals surface area contributed by atoms with E-state index in [2.05, 4.69) is 101 Å². The van der Waals surface area contributed by atoms with Gasteiger partial charge < -0.3 is 4.57 Å². The Hall–Kier alpha value is -5.27. The van der Waals surface area contributed by atoms with Crippen molar-refractivity contribution in [1.82, 2.24) is 14.5 Å². The maximum atomic E-state index is 9.31. The summed E-state index contributed by atoms with van der Waals surface area (Å²) < 4.78 is 2.34. The van der Waals surface area contributed by atoms with E-state index in [1.54, 1.807) is 12.3 Å². The maximum Gasteiger partial charge on any atom is 0.141 e. The van der Waals surface area contributed by atoms with Crippen molar-refractivity contribution in [2.75, 3.05) is 0 Å². The van der Waals surface area contributed by atoms with E-state index in [0.29, 0.717) is 5.69 Å². The third-order valence-corrected chi connectivity index (χ3v) is 6.89. The van der Waals surface area contributed by atoms with E-state index in [0.717, 1.165) is 39.1 Å². The number of aromatic nitrogens is 3. The zero-order valence-electron chi connectivity index (χ0n) is 19.8. The predicted octanol–water partition coefficient (Wildman–Crippen LogP) is 7.93. The van der Waals surface area contributed by atoms with Crippen LogP contribution in [0.2, 0.25) is 0 Å². The number of hydrogen-bond acceptors (Lipinski definition) is 3. The Labute approximate surface area is 213 Å². The van der Waals surface area contributed by atoms with Gasteiger partial charge in [-0.1, -0.05) is 66.7 Å². The SMILES string of the molecule is N#Cc1cc(-c2cccc(-c3cc4c(c5ccccc35)c3ccccc3n4-c3ccccc3)n2)ccn1. The number of benzene rings is 4. The topological polar surface area (TPSA) is 54.5 Å². The molecule has 0 saturated heterocycles. The van der Waals surface area contributed by atoms with Gasteiger partial charge in [-0.3, -0.25) is 0 Å². The summed E-state index contributed by atoms with van der Waals surface area (Å²) >= 11 is 0. The highest BCUT2D eigenvalue weighted by atomic mass is 15.0. The molecule has 0 unspecified atom stereocenters. The highest BCUT2D eigenvalue weighted by Crippen LogP contribution is 2.41. The number of fused-ring (bicyclic) bond motifs is 5. The minimum Gasteiger partial charge on any atom is -0.309 e. The van der Waals surface area contributed by atoms with Gasteiger partial charge >= 0.3 is 0 Å². The molecule has 0 aliphatic carbocycles. The molecule has 3 heterocycles. The van der Waals surface area contributed by atoms with E-state index < -0.39 is 0 Å². The second-order valence-corrected chi connectivity index (χ2v) is 9.00. The average Bonchev–Trinajstić information content (AvgIpc) is 3.32. The summed E-state index contributed by atoms with van der Waals surface area (Å²) in [4.78, 5) is 9.16. The lowest BCUT2D eigenvalue weighted by molar-refractivity contribution is 1.18. The van der Waals surface area contributed by atoms with Crippen LogP contribution in [0, 0.1) is 11.3 Å². The van der Waals surface area contributed by atoms with Crippen LogP contribution in [0.15, 0.2) is 121 Å². The number of rotatable bonds is 3. The van der Waals surface area contributed by atoms with Crippen LogP contribution in [-0.4, -0.2) is 14.5 Å². The fraction of sp³-hybridized carbons (Fsp3) is 0. The molecule has 0 atom stereocenters. The van der Waals surface area contributed by atoms with E-state index in [4.69, 9.17) is 4.98 Å². The highest BCUT2D eigenvalue weighted by molar-refractivity contribution is 6.24. The molecular weight excluding hydrogens is 452 g/mol. The Morgan fingerprint density at radius 2 is 1.35 bits per heavy atom. The Morgan fingerprint density at radius 3 is 2.19 bits per heavy atom. The molecule has 0 amide bonds. The number of nitriles is 1. The lowest BCUT2D eigenvalue weighted by Crippen LogP contribution is -1.95. The fourth-order valence-electron chi connectivity index (χ4n) is 5.29. The molecule has 3 aromatic heterocycles. The second kappa shape index (κ2) is 8.44. The summed E-state index contributed by atoms with van der Waals surface area (Å²) in [6, 6.07) is 41.8. The molecular formula is C33H20N4. The first-order valence-electron chi connectivity index (χ1n) is 12.2. The number of hydrogen-bond donors (Lipinski definition) is 0. The van der Waals surface area contributed by atoms with E-state index in [9.17, 15) is 5.26 Å².